The third kappa shape index (κ3) is 5.09. The van der Waals surface area contributed by atoms with Crippen LogP contribution < -0.4 is 5.32 Å². The molecule has 1 N–H and O–H groups in total. The first-order valence-corrected chi connectivity index (χ1v) is 5.86. The van der Waals surface area contributed by atoms with E-state index in [1.807, 2.05) is 39.8 Å². The van der Waals surface area contributed by atoms with Crippen molar-refractivity contribution >= 4 is 17.7 Å². The fourth-order valence-electron chi connectivity index (χ4n) is 1.22. The molecule has 1 amide bonds. The minimum atomic E-state index is -0.422. The molecular formula is C13H18ClNO2. The van der Waals surface area contributed by atoms with Crippen LogP contribution in [-0.4, -0.2) is 11.6 Å². The van der Waals surface area contributed by atoms with Crippen molar-refractivity contribution in [2.75, 3.05) is 0 Å². The number of hydrogen-bond acceptors (Lipinski definition) is 2. The van der Waals surface area contributed by atoms with Gasteiger partial charge in [0.15, 0.2) is 0 Å². The van der Waals surface area contributed by atoms with Gasteiger partial charge in [-0.3, -0.25) is 0 Å². The fraction of sp³-hybridized carbons (Fsp3) is 0.462. The van der Waals surface area contributed by atoms with Crippen LogP contribution in [0.1, 0.15) is 31.9 Å². The first-order chi connectivity index (χ1) is 7.78. The molecule has 1 rings (SSSR count). The summed E-state index contributed by atoms with van der Waals surface area (Å²) in [6.07, 6.45) is -0.422. The van der Waals surface area contributed by atoms with Gasteiger partial charge in [-0.25, -0.2) is 4.79 Å². The Hall–Kier alpha value is -1.22. The van der Waals surface area contributed by atoms with Crippen LogP contribution in [0.5, 0.6) is 0 Å². The third-order valence-electron chi connectivity index (χ3n) is 2.08. The van der Waals surface area contributed by atoms with Crippen LogP contribution in [0.2, 0.25) is 5.02 Å². The van der Waals surface area contributed by atoms with Crippen molar-refractivity contribution in [2.45, 2.75) is 39.8 Å². The number of carbonyl (C=O) groups is 1. The SMILES string of the molecule is Cc1ccc(COC(=O)NC(C)(C)C)cc1Cl. The summed E-state index contributed by atoms with van der Waals surface area (Å²) in [5.74, 6) is 0. The lowest BCUT2D eigenvalue weighted by Crippen LogP contribution is -2.40. The van der Waals surface area contributed by atoms with Gasteiger partial charge in [0.2, 0.25) is 0 Å². The second-order valence-corrected chi connectivity index (χ2v) is 5.44. The zero-order valence-electron chi connectivity index (χ0n) is 10.6. The standard InChI is InChI=1S/C13H18ClNO2/c1-9-5-6-10(7-11(9)14)8-17-12(16)15-13(2,3)4/h5-7H,8H2,1-4H3,(H,15,16). The monoisotopic (exact) mass is 255 g/mol. The summed E-state index contributed by atoms with van der Waals surface area (Å²) in [6, 6.07) is 5.61. The smallest absolute Gasteiger partial charge is 0.407 e. The molecule has 0 heterocycles. The molecule has 0 atom stereocenters. The number of amides is 1. The average molecular weight is 256 g/mol. The number of nitrogens with one attached hydrogen (secondary N) is 1. The van der Waals surface area contributed by atoms with Crippen molar-refractivity contribution in [3.8, 4) is 0 Å². The molecule has 17 heavy (non-hydrogen) atoms. The van der Waals surface area contributed by atoms with Gasteiger partial charge in [-0.1, -0.05) is 23.7 Å². The molecule has 0 aliphatic carbocycles. The van der Waals surface area contributed by atoms with Gasteiger partial charge in [0.1, 0.15) is 6.61 Å². The minimum Gasteiger partial charge on any atom is -0.445 e. The van der Waals surface area contributed by atoms with E-state index >= 15 is 0 Å². The normalized spacial score (nSPS) is 11.1. The Morgan fingerprint density at radius 3 is 2.59 bits per heavy atom. The molecule has 0 aliphatic heterocycles. The van der Waals surface area contributed by atoms with Crippen LogP contribution in [-0.2, 0) is 11.3 Å². The maximum absolute atomic E-state index is 11.4. The second kappa shape index (κ2) is 5.41. The summed E-state index contributed by atoms with van der Waals surface area (Å²) in [4.78, 5) is 11.4. The lowest BCUT2D eigenvalue weighted by atomic mass is 10.1. The fourth-order valence-corrected chi connectivity index (χ4v) is 1.42. The lowest BCUT2D eigenvalue weighted by Gasteiger charge is -2.20. The molecule has 3 nitrogen and oxygen atoms in total. The molecule has 0 spiro atoms. The van der Waals surface area contributed by atoms with Crippen LogP contribution in [0.15, 0.2) is 18.2 Å². The molecule has 1 aromatic carbocycles. The summed E-state index contributed by atoms with van der Waals surface area (Å²) in [6.45, 7) is 7.85. The van der Waals surface area contributed by atoms with Gasteiger partial charge in [-0.2, -0.15) is 0 Å². The minimum absolute atomic E-state index is 0.224. The topological polar surface area (TPSA) is 38.3 Å². The van der Waals surface area contributed by atoms with Crippen molar-refractivity contribution < 1.29 is 9.53 Å². The molecule has 0 bridgehead atoms. The predicted molar refractivity (Wildman–Crippen MR) is 69.3 cm³/mol. The Kier molecular flexibility index (Phi) is 4.40. The van der Waals surface area contributed by atoms with E-state index in [1.165, 1.54) is 0 Å². The van der Waals surface area contributed by atoms with Crippen LogP contribution in [0.4, 0.5) is 4.79 Å². The molecule has 0 saturated carbocycles. The number of alkyl carbamates (subject to hydrolysis) is 1. The number of rotatable bonds is 2. The van der Waals surface area contributed by atoms with Gasteiger partial charge in [-0.15, -0.1) is 0 Å². The summed E-state index contributed by atoms with van der Waals surface area (Å²) in [7, 11) is 0. The molecule has 4 heteroatoms. The Bertz CT molecular complexity index is 410. The number of hydrogen-bond donors (Lipinski definition) is 1. The van der Waals surface area contributed by atoms with E-state index < -0.39 is 6.09 Å². The highest BCUT2D eigenvalue weighted by Gasteiger charge is 2.14. The zero-order valence-corrected chi connectivity index (χ0v) is 11.4. The number of carbonyl (C=O) groups excluding carboxylic acids is 1. The average Bonchev–Trinajstić information content (AvgIpc) is 2.17. The Morgan fingerprint density at radius 1 is 1.41 bits per heavy atom. The predicted octanol–water partition coefficient (Wildman–Crippen LogP) is 3.67. The van der Waals surface area contributed by atoms with Crippen LogP contribution in [0, 0.1) is 6.92 Å². The van der Waals surface area contributed by atoms with Crippen LogP contribution >= 0.6 is 11.6 Å². The molecule has 0 fully saturated rings. The van der Waals surface area contributed by atoms with E-state index in [1.54, 1.807) is 6.07 Å². The Labute approximate surface area is 107 Å². The summed E-state index contributed by atoms with van der Waals surface area (Å²) in [5, 5.41) is 3.40. The van der Waals surface area contributed by atoms with E-state index in [2.05, 4.69) is 5.32 Å². The van der Waals surface area contributed by atoms with E-state index in [-0.39, 0.29) is 12.1 Å². The molecule has 1 aromatic rings. The van der Waals surface area contributed by atoms with Gasteiger partial charge >= 0.3 is 6.09 Å². The number of benzene rings is 1. The number of ether oxygens (including phenoxy) is 1. The van der Waals surface area contributed by atoms with E-state index in [4.69, 9.17) is 16.3 Å². The highest BCUT2D eigenvalue weighted by molar-refractivity contribution is 6.31. The van der Waals surface area contributed by atoms with E-state index in [0.717, 1.165) is 11.1 Å². The van der Waals surface area contributed by atoms with Crippen LogP contribution in [0.3, 0.4) is 0 Å². The van der Waals surface area contributed by atoms with Crippen molar-refractivity contribution in [3.63, 3.8) is 0 Å². The molecule has 0 aliphatic rings. The van der Waals surface area contributed by atoms with Crippen molar-refractivity contribution in [2.24, 2.45) is 0 Å². The van der Waals surface area contributed by atoms with Crippen molar-refractivity contribution in [1.29, 1.82) is 0 Å². The molecule has 0 aromatic heterocycles. The molecule has 0 unspecified atom stereocenters. The molecule has 0 radical (unpaired) electrons. The maximum Gasteiger partial charge on any atom is 0.407 e. The van der Waals surface area contributed by atoms with Gasteiger partial charge in [0, 0.05) is 10.6 Å². The van der Waals surface area contributed by atoms with Crippen molar-refractivity contribution in [3.05, 3.63) is 34.3 Å². The summed E-state index contributed by atoms with van der Waals surface area (Å²) >= 11 is 5.98. The first kappa shape index (κ1) is 13.8. The van der Waals surface area contributed by atoms with Gasteiger partial charge in [0.25, 0.3) is 0 Å². The third-order valence-corrected chi connectivity index (χ3v) is 2.49. The largest absolute Gasteiger partial charge is 0.445 e. The van der Waals surface area contributed by atoms with Gasteiger partial charge in [0.05, 0.1) is 0 Å². The quantitative estimate of drug-likeness (QED) is 0.876. The van der Waals surface area contributed by atoms with E-state index in [9.17, 15) is 4.79 Å². The number of aryl methyl sites for hydroxylation is 1. The maximum atomic E-state index is 11.4. The summed E-state index contributed by atoms with van der Waals surface area (Å²) < 4.78 is 5.09. The molecule has 94 valence electrons. The van der Waals surface area contributed by atoms with Crippen LogP contribution in [0.25, 0.3) is 0 Å². The first-order valence-electron chi connectivity index (χ1n) is 5.48. The summed E-state index contributed by atoms with van der Waals surface area (Å²) in [5.41, 5.74) is 1.60. The Morgan fingerprint density at radius 2 is 2.06 bits per heavy atom. The molecular weight excluding hydrogens is 238 g/mol. The van der Waals surface area contributed by atoms with Gasteiger partial charge in [-0.05, 0) is 44.9 Å². The number of halogens is 1. The van der Waals surface area contributed by atoms with E-state index in [0.29, 0.717) is 5.02 Å². The highest BCUT2D eigenvalue weighted by atomic mass is 35.5. The molecule has 0 saturated heterocycles. The highest BCUT2D eigenvalue weighted by Crippen LogP contribution is 2.17. The van der Waals surface area contributed by atoms with Gasteiger partial charge < -0.3 is 10.1 Å². The Balaban J connectivity index is 2.50. The van der Waals surface area contributed by atoms with Crippen molar-refractivity contribution in [1.82, 2.24) is 5.32 Å². The second-order valence-electron chi connectivity index (χ2n) is 5.03. The zero-order chi connectivity index (χ0) is 13.1. The lowest BCUT2D eigenvalue weighted by molar-refractivity contribution is 0.131.